The third kappa shape index (κ3) is 6.61. The summed E-state index contributed by atoms with van der Waals surface area (Å²) in [6, 6.07) is 8.10. The lowest BCUT2D eigenvalue weighted by Crippen LogP contribution is -2.52. The van der Waals surface area contributed by atoms with Crippen molar-refractivity contribution in [3.63, 3.8) is 0 Å². The molecular formula is C25H30ClN3O5S. The molecule has 0 radical (unpaired) electrons. The summed E-state index contributed by atoms with van der Waals surface area (Å²) in [7, 11) is 1.35. The Kier molecular flexibility index (Phi) is 8.56. The molecule has 3 rings (SSSR count). The third-order valence-electron chi connectivity index (χ3n) is 6.02. The molecule has 35 heavy (non-hydrogen) atoms. The van der Waals surface area contributed by atoms with E-state index in [-0.39, 0.29) is 30.2 Å². The van der Waals surface area contributed by atoms with Crippen LogP contribution in [0.2, 0.25) is 4.34 Å². The van der Waals surface area contributed by atoms with E-state index < -0.39 is 11.4 Å². The van der Waals surface area contributed by atoms with Crippen molar-refractivity contribution in [3.05, 3.63) is 50.7 Å². The predicted octanol–water partition coefficient (Wildman–Crippen LogP) is 4.41. The number of hydrogen-bond acceptors (Lipinski definition) is 6. The summed E-state index contributed by atoms with van der Waals surface area (Å²) >= 11 is 7.03. The van der Waals surface area contributed by atoms with Crippen LogP contribution in [0.1, 0.15) is 65.1 Å². The van der Waals surface area contributed by atoms with Gasteiger partial charge in [0.2, 0.25) is 5.91 Å². The van der Waals surface area contributed by atoms with Crippen molar-refractivity contribution < 1.29 is 23.9 Å². The highest BCUT2D eigenvalue weighted by molar-refractivity contribution is 7.18. The van der Waals surface area contributed by atoms with E-state index in [0.717, 1.165) is 30.6 Å². The van der Waals surface area contributed by atoms with Gasteiger partial charge in [0.25, 0.3) is 11.8 Å². The normalized spacial score (nSPS) is 15.9. The standard InChI is InChI=1S/C25H30ClN3O5S/c1-15-13-16(27-24(33)25(2,3)28-22(31)19-10-11-20(26)35-19)8-9-18(15)23(32)29-12-6-5-7-17(29)14-21(30)34-4/h8-11,13,17H,5-7,12,14H2,1-4H3,(H,27,33)(H,28,31). The lowest BCUT2D eigenvalue weighted by Gasteiger charge is -2.35. The third-order valence-corrected chi connectivity index (χ3v) is 7.25. The number of hydrogen-bond donors (Lipinski definition) is 2. The number of anilines is 1. The molecule has 0 spiro atoms. The lowest BCUT2D eigenvalue weighted by atomic mass is 9.97. The summed E-state index contributed by atoms with van der Waals surface area (Å²) in [6.07, 6.45) is 2.77. The first-order chi connectivity index (χ1) is 16.5. The number of benzene rings is 1. The zero-order valence-electron chi connectivity index (χ0n) is 20.3. The van der Waals surface area contributed by atoms with Gasteiger partial charge in [-0.3, -0.25) is 19.2 Å². The Morgan fingerprint density at radius 1 is 1.17 bits per heavy atom. The van der Waals surface area contributed by atoms with E-state index in [2.05, 4.69) is 10.6 Å². The largest absolute Gasteiger partial charge is 0.469 e. The number of nitrogens with zero attached hydrogens (tertiary/aromatic N) is 1. The zero-order valence-corrected chi connectivity index (χ0v) is 21.8. The number of ether oxygens (including phenoxy) is 1. The van der Waals surface area contributed by atoms with E-state index in [0.29, 0.717) is 32.6 Å². The average molecular weight is 520 g/mol. The highest BCUT2D eigenvalue weighted by Crippen LogP contribution is 2.26. The molecule has 8 nitrogen and oxygen atoms in total. The number of carbonyl (C=O) groups excluding carboxylic acids is 4. The molecule has 1 aromatic carbocycles. The van der Waals surface area contributed by atoms with E-state index in [9.17, 15) is 19.2 Å². The molecule has 10 heteroatoms. The molecule has 1 aliphatic heterocycles. The number of likely N-dealkylation sites (tertiary alicyclic amines) is 1. The summed E-state index contributed by atoms with van der Waals surface area (Å²) < 4.78 is 5.28. The van der Waals surface area contributed by atoms with E-state index in [1.165, 1.54) is 7.11 Å². The maximum absolute atomic E-state index is 13.3. The SMILES string of the molecule is COC(=O)CC1CCCCN1C(=O)c1ccc(NC(=O)C(C)(C)NC(=O)c2ccc(Cl)s2)cc1C. The van der Waals surface area contributed by atoms with Crippen LogP contribution in [-0.2, 0) is 14.3 Å². The number of rotatable bonds is 7. The Hall–Kier alpha value is -2.91. The van der Waals surface area contributed by atoms with Crippen molar-refractivity contribution >= 4 is 52.3 Å². The van der Waals surface area contributed by atoms with Crippen LogP contribution < -0.4 is 10.6 Å². The van der Waals surface area contributed by atoms with E-state index in [1.54, 1.807) is 56.0 Å². The van der Waals surface area contributed by atoms with Crippen LogP contribution in [0.3, 0.4) is 0 Å². The molecule has 1 unspecified atom stereocenters. The Bertz CT molecular complexity index is 1130. The molecule has 0 bridgehead atoms. The lowest BCUT2D eigenvalue weighted by molar-refractivity contribution is -0.142. The van der Waals surface area contributed by atoms with Crippen molar-refractivity contribution in [3.8, 4) is 0 Å². The van der Waals surface area contributed by atoms with Crippen molar-refractivity contribution in [2.75, 3.05) is 19.0 Å². The fraction of sp³-hybridized carbons (Fsp3) is 0.440. The Labute approximate surface area is 214 Å². The maximum Gasteiger partial charge on any atom is 0.307 e. The van der Waals surface area contributed by atoms with Gasteiger partial charge in [-0.1, -0.05) is 11.6 Å². The van der Waals surface area contributed by atoms with Gasteiger partial charge < -0.3 is 20.3 Å². The molecule has 1 fully saturated rings. The minimum atomic E-state index is -1.19. The molecule has 2 aromatic rings. The first-order valence-corrected chi connectivity index (χ1v) is 12.6. The van der Waals surface area contributed by atoms with E-state index in [4.69, 9.17) is 16.3 Å². The van der Waals surface area contributed by atoms with Gasteiger partial charge in [-0.25, -0.2) is 0 Å². The van der Waals surface area contributed by atoms with Crippen molar-refractivity contribution in [2.45, 2.75) is 58.0 Å². The fourth-order valence-corrected chi connectivity index (χ4v) is 4.96. The van der Waals surface area contributed by atoms with Crippen LogP contribution in [0.15, 0.2) is 30.3 Å². The van der Waals surface area contributed by atoms with Crippen molar-refractivity contribution in [1.82, 2.24) is 10.2 Å². The molecule has 1 aliphatic rings. The number of halogens is 1. The van der Waals surface area contributed by atoms with Crippen LogP contribution in [0.4, 0.5) is 5.69 Å². The second-order valence-corrected chi connectivity index (χ2v) is 10.8. The van der Waals surface area contributed by atoms with Crippen LogP contribution in [0.25, 0.3) is 0 Å². The monoisotopic (exact) mass is 519 g/mol. The molecule has 1 atom stereocenters. The predicted molar refractivity (Wildman–Crippen MR) is 136 cm³/mol. The van der Waals surface area contributed by atoms with Gasteiger partial charge in [0.1, 0.15) is 5.54 Å². The summed E-state index contributed by atoms with van der Waals surface area (Å²) in [4.78, 5) is 52.6. The maximum atomic E-state index is 13.3. The number of carbonyl (C=O) groups is 4. The van der Waals surface area contributed by atoms with Crippen LogP contribution in [0, 0.1) is 6.92 Å². The highest BCUT2D eigenvalue weighted by atomic mass is 35.5. The minimum absolute atomic E-state index is 0.142. The second kappa shape index (κ2) is 11.2. The number of nitrogens with one attached hydrogen (secondary N) is 2. The molecule has 1 aromatic heterocycles. The number of esters is 1. The van der Waals surface area contributed by atoms with Gasteiger partial charge in [0.15, 0.2) is 0 Å². The topological polar surface area (TPSA) is 105 Å². The molecule has 188 valence electrons. The van der Waals surface area contributed by atoms with Gasteiger partial charge in [0.05, 0.1) is 22.7 Å². The Morgan fingerprint density at radius 2 is 1.91 bits per heavy atom. The summed E-state index contributed by atoms with van der Waals surface area (Å²) in [6.45, 7) is 5.60. The summed E-state index contributed by atoms with van der Waals surface area (Å²) in [5, 5.41) is 5.53. The average Bonchev–Trinajstić information content (AvgIpc) is 3.25. The Balaban J connectivity index is 1.68. The van der Waals surface area contributed by atoms with Gasteiger partial charge in [-0.05, 0) is 75.9 Å². The molecule has 1 saturated heterocycles. The van der Waals surface area contributed by atoms with E-state index in [1.807, 2.05) is 0 Å². The molecule has 3 amide bonds. The number of piperidine rings is 1. The van der Waals surface area contributed by atoms with E-state index >= 15 is 0 Å². The highest BCUT2D eigenvalue weighted by Gasteiger charge is 2.32. The molecule has 2 heterocycles. The van der Waals surface area contributed by atoms with Gasteiger partial charge in [-0.15, -0.1) is 11.3 Å². The molecule has 2 N–H and O–H groups in total. The Morgan fingerprint density at radius 3 is 2.54 bits per heavy atom. The van der Waals surface area contributed by atoms with Crippen LogP contribution in [0.5, 0.6) is 0 Å². The smallest absolute Gasteiger partial charge is 0.307 e. The summed E-state index contributed by atoms with van der Waals surface area (Å²) in [5.41, 5.74) is 0.535. The van der Waals surface area contributed by atoms with Gasteiger partial charge >= 0.3 is 5.97 Å². The fourth-order valence-electron chi connectivity index (χ4n) is 4.02. The summed E-state index contributed by atoms with van der Waals surface area (Å²) in [5.74, 6) is -1.26. The number of methoxy groups -OCH3 is 1. The van der Waals surface area contributed by atoms with Gasteiger partial charge in [-0.2, -0.15) is 0 Å². The first-order valence-electron chi connectivity index (χ1n) is 11.4. The molecule has 0 aliphatic carbocycles. The van der Waals surface area contributed by atoms with Crippen LogP contribution in [-0.4, -0.2) is 53.8 Å². The number of aryl methyl sites for hydroxylation is 1. The first kappa shape index (κ1) is 26.7. The quantitative estimate of drug-likeness (QED) is 0.527. The van der Waals surface area contributed by atoms with Crippen molar-refractivity contribution in [2.24, 2.45) is 0 Å². The van der Waals surface area contributed by atoms with Crippen LogP contribution >= 0.6 is 22.9 Å². The van der Waals surface area contributed by atoms with Gasteiger partial charge in [0, 0.05) is 23.8 Å². The zero-order chi connectivity index (χ0) is 25.8. The second-order valence-electron chi connectivity index (χ2n) is 9.10. The number of thiophene rings is 1. The molecular weight excluding hydrogens is 490 g/mol. The van der Waals surface area contributed by atoms with Crippen molar-refractivity contribution in [1.29, 1.82) is 0 Å². The number of amides is 3. The molecule has 0 saturated carbocycles. The minimum Gasteiger partial charge on any atom is -0.469 e.